The molecule has 0 bridgehead atoms. The van der Waals surface area contributed by atoms with E-state index in [-0.39, 0.29) is 13.1 Å². The lowest BCUT2D eigenvalue weighted by Crippen LogP contribution is -2.46. The average Bonchev–Trinajstić information content (AvgIpc) is 2.66. The minimum Gasteiger partial charge on any atom is -0.481 e. The van der Waals surface area contributed by atoms with Gasteiger partial charge in [0.25, 0.3) is 0 Å². The Morgan fingerprint density at radius 3 is 2.06 bits per heavy atom. The van der Waals surface area contributed by atoms with Gasteiger partial charge in [0.2, 0.25) is 0 Å². The van der Waals surface area contributed by atoms with Gasteiger partial charge in [-0.05, 0) is 0 Å². The van der Waals surface area contributed by atoms with Gasteiger partial charge in [-0.1, -0.05) is 0 Å². The van der Waals surface area contributed by atoms with E-state index in [9.17, 15) is 18.0 Å². The van der Waals surface area contributed by atoms with E-state index >= 15 is 0 Å². The molecule has 1 aliphatic heterocycles. The van der Waals surface area contributed by atoms with Gasteiger partial charge in [0, 0.05) is 27.3 Å². The van der Waals surface area contributed by atoms with Gasteiger partial charge in [-0.3, -0.25) is 9.69 Å². The summed E-state index contributed by atoms with van der Waals surface area (Å²) in [6, 6.07) is -2.01. The molecule has 0 saturated carbocycles. The number of halogens is 3. The zero-order valence-corrected chi connectivity index (χ0v) is 10.1. The number of ether oxygens (including phenoxy) is 2. The molecule has 0 amide bonds. The largest absolute Gasteiger partial charge is 0.481 e. The van der Waals surface area contributed by atoms with Crippen LogP contribution < -0.4 is 0 Å². The van der Waals surface area contributed by atoms with Crippen molar-refractivity contribution in [2.75, 3.05) is 27.3 Å². The fourth-order valence-corrected chi connectivity index (χ4v) is 2.10. The molecule has 0 aromatic carbocycles. The van der Waals surface area contributed by atoms with Gasteiger partial charge < -0.3 is 14.6 Å². The first-order valence-corrected chi connectivity index (χ1v) is 5.37. The summed E-state index contributed by atoms with van der Waals surface area (Å²) in [4.78, 5) is 11.6. The Kier molecular flexibility index (Phi) is 4.94. The SMILES string of the molecule is COC1CN(C(CC(=O)O)C(F)(F)F)CC1OC. The van der Waals surface area contributed by atoms with Crippen LogP contribution in [0.5, 0.6) is 0 Å². The number of rotatable bonds is 5. The van der Waals surface area contributed by atoms with E-state index in [1.807, 2.05) is 0 Å². The fraction of sp³-hybridized carbons (Fsp3) is 0.900. The quantitative estimate of drug-likeness (QED) is 0.799. The highest BCUT2D eigenvalue weighted by Crippen LogP contribution is 2.31. The highest BCUT2D eigenvalue weighted by Gasteiger charge is 2.49. The van der Waals surface area contributed by atoms with Crippen LogP contribution in [-0.4, -0.2) is 67.7 Å². The van der Waals surface area contributed by atoms with Crippen LogP contribution in [-0.2, 0) is 14.3 Å². The van der Waals surface area contributed by atoms with E-state index in [2.05, 4.69) is 0 Å². The number of carbonyl (C=O) groups is 1. The molecule has 0 aliphatic carbocycles. The van der Waals surface area contributed by atoms with E-state index in [1.165, 1.54) is 14.2 Å². The van der Waals surface area contributed by atoms with Crippen LogP contribution in [0.3, 0.4) is 0 Å². The van der Waals surface area contributed by atoms with Crippen LogP contribution >= 0.6 is 0 Å². The van der Waals surface area contributed by atoms with Crippen LogP contribution in [0.25, 0.3) is 0 Å². The molecule has 0 aromatic heterocycles. The third-order valence-corrected chi connectivity index (χ3v) is 3.04. The lowest BCUT2D eigenvalue weighted by Gasteiger charge is -2.28. The summed E-state index contributed by atoms with van der Waals surface area (Å²) in [6.07, 6.45) is -6.52. The number of carboxylic acid groups (broad SMARTS) is 1. The minimum atomic E-state index is -4.58. The molecule has 8 heteroatoms. The second-order valence-corrected chi connectivity index (χ2v) is 4.16. The summed E-state index contributed by atoms with van der Waals surface area (Å²) in [5.41, 5.74) is 0. The van der Waals surface area contributed by atoms with Crippen LogP contribution in [0.2, 0.25) is 0 Å². The summed E-state index contributed by atoms with van der Waals surface area (Å²) < 4.78 is 48.5. The maximum Gasteiger partial charge on any atom is 0.404 e. The van der Waals surface area contributed by atoms with Gasteiger partial charge >= 0.3 is 12.1 Å². The van der Waals surface area contributed by atoms with Gasteiger partial charge in [0.1, 0.15) is 6.04 Å². The smallest absolute Gasteiger partial charge is 0.404 e. The number of nitrogens with zero attached hydrogens (tertiary/aromatic N) is 1. The second-order valence-electron chi connectivity index (χ2n) is 4.16. The van der Waals surface area contributed by atoms with Crippen molar-refractivity contribution >= 4 is 5.97 Å². The Hall–Kier alpha value is -0.860. The van der Waals surface area contributed by atoms with E-state index in [0.717, 1.165) is 4.90 Å². The molecular weight excluding hydrogens is 255 g/mol. The lowest BCUT2D eigenvalue weighted by molar-refractivity contribution is -0.189. The first-order valence-electron chi connectivity index (χ1n) is 5.37. The molecule has 1 saturated heterocycles. The molecule has 3 atom stereocenters. The van der Waals surface area contributed by atoms with Crippen LogP contribution in [0, 0.1) is 0 Å². The molecule has 0 aromatic rings. The zero-order valence-electron chi connectivity index (χ0n) is 10.1. The molecule has 1 N–H and O–H groups in total. The molecule has 1 rings (SSSR count). The molecule has 1 fully saturated rings. The number of aliphatic carboxylic acids is 1. The molecule has 0 spiro atoms. The molecule has 3 unspecified atom stereocenters. The predicted octanol–water partition coefficient (Wildman–Crippen LogP) is 0.738. The Morgan fingerprint density at radius 2 is 1.78 bits per heavy atom. The number of alkyl halides is 3. The predicted molar refractivity (Wildman–Crippen MR) is 55.3 cm³/mol. The highest BCUT2D eigenvalue weighted by atomic mass is 19.4. The normalized spacial score (nSPS) is 27.4. The monoisotopic (exact) mass is 271 g/mol. The Balaban J connectivity index is 2.79. The van der Waals surface area contributed by atoms with Gasteiger partial charge in [-0.2, -0.15) is 13.2 Å². The van der Waals surface area contributed by atoms with Crippen molar-refractivity contribution in [3.05, 3.63) is 0 Å². The van der Waals surface area contributed by atoms with E-state index < -0.39 is 36.8 Å². The molecule has 5 nitrogen and oxygen atoms in total. The number of hydrogen-bond acceptors (Lipinski definition) is 4. The van der Waals surface area contributed by atoms with Gasteiger partial charge in [0.15, 0.2) is 0 Å². The van der Waals surface area contributed by atoms with E-state index in [0.29, 0.717) is 0 Å². The van der Waals surface area contributed by atoms with Crippen molar-refractivity contribution in [2.24, 2.45) is 0 Å². The van der Waals surface area contributed by atoms with Crippen LogP contribution in [0.1, 0.15) is 6.42 Å². The zero-order chi connectivity index (χ0) is 13.9. The minimum absolute atomic E-state index is 0.00641. The second kappa shape index (κ2) is 5.85. The van der Waals surface area contributed by atoms with E-state index in [1.54, 1.807) is 0 Å². The number of carboxylic acids is 1. The summed E-state index contributed by atoms with van der Waals surface area (Å²) in [7, 11) is 2.78. The number of likely N-dealkylation sites (tertiary alicyclic amines) is 1. The molecular formula is C10H16F3NO4. The van der Waals surface area contributed by atoms with Crippen LogP contribution in [0.15, 0.2) is 0 Å². The summed E-state index contributed by atoms with van der Waals surface area (Å²) >= 11 is 0. The summed E-state index contributed by atoms with van der Waals surface area (Å²) in [5, 5.41) is 8.56. The van der Waals surface area contributed by atoms with Gasteiger partial charge in [0.05, 0.1) is 18.6 Å². The third kappa shape index (κ3) is 3.56. The Morgan fingerprint density at radius 1 is 1.33 bits per heavy atom. The first kappa shape index (κ1) is 15.2. The molecule has 18 heavy (non-hydrogen) atoms. The molecule has 0 radical (unpaired) electrons. The summed E-state index contributed by atoms with van der Waals surface area (Å²) in [5.74, 6) is -1.48. The summed E-state index contributed by atoms with van der Waals surface area (Å²) in [6.45, 7) is 0.0128. The Bertz CT molecular complexity index is 285. The topological polar surface area (TPSA) is 59.0 Å². The van der Waals surface area contributed by atoms with Crippen molar-refractivity contribution in [2.45, 2.75) is 30.8 Å². The molecule has 1 heterocycles. The van der Waals surface area contributed by atoms with Crippen LogP contribution in [0.4, 0.5) is 13.2 Å². The highest BCUT2D eigenvalue weighted by molar-refractivity contribution is 5.67. The van der Waals surface area contributed by atoms with Crippen molar-refractivity contribution < 1.29 is 32.5 Å². The fourth-order valence-electron chi connectivity index (χ4n) is 2.10. The van der Waals surface area contributed by atoms with Crippen molar-refractivity contribution in [1.29, 1.82) is 0 Å². The van der Waals surface area contributed by atoms with Crippen molar-refractivity contribution in [1.82, 2.24) is 4.90 Å². The maximum absolute atomic E-state index is 12.8. The standard InChI is InChI=1S/C10H16F3NO4/c1-17-6-4-14(5-7(6)18-2)8(3-9(15)16)10(11,12)13/h6-8H,3-5H2,1-2H3,(H,15,16). The number of methoxy groups -OCH3 is 2. The lowest BCUT2D eigenvalue weighted by atomic mass is 10.2. The van der Waals surface area contributed by atoms with Gasteiger partial charge in [-0.15, -0.1) is 0 Å². The average molecular weight is 271 g/mol. The molecule has 106 valence electrons. The molecule has 1 aliphatic rings. The third-order valence-electron chi connectivity index (χ3n) is 3.04. The Labute approximate surface area is 102 Å². The maximum atomic E-state index is 12.8. The van der Waals surface area contributed by atoms with Gasteiger partial charge in [-0.25, -0.2) is 0 Å². The number of hydrogen-bond donors (Lipinski definition) is 1. The van der Waals surface area contributed by atoms with Crippen molar-refractivity contribution in [3.63, 3.8) is 0 Å². The van der Waals surface area contributed by atoms with Crippen molar-refractivity contribution in [3.8, 4) is 0 Å². The van der Waals surface area contributed by atoms with E-state index in [4.69, 9.17) is 14.6 Å². The first-order chi connectivity index (χ1) is 8.29.